The Morgan fingerprint density at radius 2 is 1.35 bits per heavy atom. The molecule has 110 valence electrons. The first-order chi connectivity index (χ1) is 11.2. The molecule has 0 aromatic heterocycles. The Balaban J connectivity index is 1.98. The van der Waals surface area contributed by atoms with E-state index in [0.717, 1.165) is 22.8 Å². The topological polar surface area (TPSA) is 37.4 Å². The van der Waals surface area contributed by atoms with Crippen LogP contribution < -0.4 is 0 Å². The summed E-state index contributed by atoms with van der Waals surface area (Å²) in [5, 5.41) is 1.89. The van der Waals surface area contributed by atoms with Gasteiger partial charge in [0.1, 0.15) is 0 Å². The van der Waals surface area contributed by atoms with Crippen molar-refractivity contribution in [2.75, 3.05) is 7.05 Å². The number of amides is 2. The molecule has 0 fully saturated rings. The van der Waals surface area contributed by atoms with Crippen LogP contribution in [0.25, 0.3) is 21.9 Å². The van der Waals surface area contributed by atoms with Crippen molar-refractivity contribution < 1.29 is 9.59 Å². The molecule has 0 spiro atoms. The van der Waals surface area contributed by atoms with Crippen molar-refractivity contribution >= 4 is 22.6 Å². The molecule has 5 rings (SSSR count). The summed E-state index contributed by atoms with van der Waals surface area (Å²) in [7, 11) is 1.54. The van der Waals surface area contributed by atoms with Crippen LogP contribution in [0.3, 0.4) is 0 Å². The second-order valence-electron chi connectivity index (χ2n) is 6.19. The third-order valence-corrected chi connectivity index (χ3v) is 5.01. The molecule has 3 aromatic carbocycles. The molecule has 0 atom stereocenters. The molecule has 1 aliphatic carbocycles. The molecule has 3 aromatic rings. The number of benzene rings is 3. The van der Waals surface area contributed by atoms with Crippen LogP contribution in [0, 0.1) is 0 Å². The predicted molar refractivity (Wildman–Crippen MR) is 88.6 cm³/mol. The maximum Gasteiger partial charge on any atom is 0.261 e. The van der Waals surface area contributed by atoms with E-state index in [1.807, 2.05) is 30.3 Å². The Morgan fingerprint density at radius 1 is 0.696 bits per heavy atom. The van der Waals surface area contributed by atoms with Gasteiger partial charge in [-0.1, -0.05) is 36.4 Å². The quantitative estimate of drug-likeness (QED) is 0.465. The van der Waals surface area contributed by atoms with Gasteiger partial charge in [-0.15, -0.1) is 0 Å². The standard InChI is InChI=1S/C20H13NO2/c1-21-19(22)15-7-6-12-10-11-4-2-3-5-13(11)14-8-9-16(20(21)23)18(15)17(12)14/h2-9H,10H2,1H3. The number of carbonyl (C=O) groups is 2. The highest BCUT2D eigenvalue weighted by atomic mass is 16.2. The molecule has 0 saturated heterocycles. The molecule has 1 aliphatic heterocycles. The Bertz CT molecular complexity index is 1030. The van der Waals surface area contributed by atoms with Gasteiger partial charge < -0.3 is 0 Å². The van der Waals surface area contributed by atoms with Gasteiger partial charge >= 0.3 is 0 Å². The summed E-state index contributed by atoms with van der Waals surface area (Å²) in [6.07, 6.45) is 0.835. The van der Waals surface area contributed by atoms with Crippen molar-refractivity contribution in [3.8, 4) is 11.1 Å². The van der Waals surface area contributed by atoms with Crippen molar-refractivity contribution in [2.24, 2.45) is 0 Å². The maximum absolute atomic E-state index is 12.5. The maximum atomic E-state index is 12.5. The molecule has 23 heavy (non-hydrogen) atoms. The number of hydrogen-bond acceptors (Lipinski definition) is 2. The van der Waals surface area contributed by atoms with E-state index in [9.17, 15) is 9.59 Å². The lowest BCUT2D eigenvalue weighted by Crippen LogP contribution is -2.37. The number of hydrogen-bond donors (Lipinski definition) is 0. The van der Waals surface area contributed by atoms with Gasteiger partial charge in [0.2, 0.25) is 0 Å². The molecule has 0 bridgehead atoms. The van der Waals surface area contributed by atoms with E-state index in [1.54, 1.807) is 7.05 Å². The van der Waals surface area contributed by atoms with Gasteiger partial charge in [-0.25, -0.2) is 0 Å². The van der Waals surface area contributed by atoms with Crippen molar-refractivity contribution in [3.05, 3.63) is 70.8 Å². The van der Waals surface area contributed by atoms with Crippen LogP contribution in [0.4, 0.5) is 0 Å². The van der Waals surface area contributed by atoms with E-state index in [1.165, 1.54) is 21.6 Å². The SMILES string of the molecule is CN1C(=O)c2ccc3c4c(ccc(c24)C1=O)-c1ccccc1C3. The molecule has 3 nitrogen and oxygen atoms in total. The van der Waals surface area contributed by atoms with E-state index in [0.29, 0.717) is 11.1 Å². The zero-order valence-electron chi connectivity index (χ0n) is 12.6. The van der Waals surface area contributed by atoms with Gasteiger partial charge in [-0.2, -0.15) is 0 Å². The van der Waals surface area contributed by atoms with Crippen LogP contribution in [0.15, 0.2) is 48.5 Å². The van der Waals surface area contributed by atoms with Crippen LogP contribution in [0.2, 0.25) is 0 Å². The first kappa shape index (κ1) is 12.6. The van der Waals surface area contributed by atoms with E-state index < -0.39 is 0 Å². The van der Waals surface area contributed by atoms with Gasteiger partial charge in [0.15, 0.2) is 0 Å². The van der Waals surface area contributed by atoms with Gasteiger partial charge in [0, 0.05) is 23.6 Å². The fourth-order valence-corrected chi connectivity index (χ4v) is 3.89. The van der Waals surface area contributed by atoms with Crippen LogP contribution in [0.1, 0.15) is 31.8 Å². The number of carbonyl (C=O) groups excluding carboxylic acids is 2. The minimum atomic E-state index is -0.218. The summed E-state index contributed by atoms with van der Waals surface area (Å²) in [6, 6.07) is 16.1. The third kappa shape index (κ3) is 1.44. The van der Waals surface area contributed by atoms with Gasteiger partial charge in [0.25, 0.3) is 11.8 Å². The van der Waals surface area contributed by atoms with Gasteiger partial charge in [-0.3, -0.25) is 14.5 Å². The zero-order chi connectivity index (χ0) is 15.7. The average Bonchev–Trinajstić information content (AvgIpc) is 2.59. The van der Waals surface area contributed by atoms with Crippen molar-refractivity contribution in [1.82, 2.24) is 4.90 Å². The second kappa shape index (κ2) is 4.07. The molecule has 1 heterocycles. The van der Waals surface area contributed by atoms with Crippen molar-refractivity contribution in [1.29, 1.82) is 0 Å². The molecule has 2 amide bonds. The lowest BCUT2D eigenvalue weighted by Gasteiger charge is -2.28. The molecule has 3 heteroatoms. The van der Waals surface area contributed by atoms with Crippen LogP contribution >= 0.6 is 0 Å². The van der Waals surface area contributed by atoms with Crippen LogP contribution in [0.5, 0.6) is 0 Å². The van der Waals surface area contributed by atoms with Crippen molar-refractivity contribution in [2.45, 2.75) is 6.42 Å². The Morgan fingerprint density at radius 3 is 2.13 bits per heavy atom. The number of nitrogens with zero attached hydrogens (tertiary/aromatic N) is 1. The van der Waals surface area contributed by atoms with E-state index in [-0.39, 0.29) is 11.8 Å². The Kier molecular flexibility index (Phi) is 2.23. The monoisotopic (exact) mass is 299 g/mol. The summed E-state index contributed by atoms with van der Waals surface area (Å²) < 4.78 is 0. The number of imide groups is 1. The summed E-state index contributed by atoms with van der Waals surface area (Å²) in [6.45, 7) is 0. The Labute approximate surface area is 133 Å². The average molecular weight is 299 g/mol. The lowest BCUT2D eigenvalue weighted by atomic mass is 9.80. The fourth-order valence-electron chi connectivity index (χ4n) is 3.89. The third-order valence-electron chi connectivity index (χ3n) is 5.01. The largest absolute Gasteiger partial charge is 0.277 e. The highest BCUT2D eigenvalue weighted by Crippen LogP contribution is 2.43. The summed E-state index contributed by atoms with van der Waals surface area (Å²) >= 11 is 0. The smallest absolute Gasteiger partial charge is 0.261 e. The summed E-state index contributed by atoms with van der Waals surface area (Å²) in [5.41, 5.74) is 6.04. The number of rotatable bonds is 0. The molecular formula is C20H13NO2. The highest BCUT2D eigenvalue weighted by molar-refractivity contribution is 6.27. The number of fused-ring (bicyclic) bond motifs is 2. The van der Waals surface area contributed by atoms with Gasteiger partial charge in [0.05, 0.1) is 0 Å². The fraction of sp³-hybridized carbons (Fsp3) is 0.100. The van der Waals surface area contributed by atoms with Crippen molar-refractivity contribution in [3.63, 3.8) is 0 Å². The minimum absolute atomic E-state index is 0.218. The normalized spacial score (nSPS) is 15.1. The predicted octanol–water partition coefficient (Wildman–Crippen LogP) is 3.64. The first-order valence-corrected chi connectivity index (χ1v) is 7.66. The van der Waals surface area contributed by atoms with E-state index >= 15 is 0 Å². The van der Waals surface area contributed by atoms with Gasteiger partial charge in [-0.05, 0) is 46.2 Å². The van der Waals surface area contributed by atoms with Crippen LogP contribution in [-0.4, -0.2) is 23.8 Å². The summed E-state index contributed by atoms with van der Waals surface area (Å²) in [4.78, 5) is 26.2. The Hall–Kier alpha value is -2.94. The summed E-state index contributed by atoms with van der Waals surface area (Å²) in [5.74, 6) is -0.435. The first-order valence-electron chi connectivity index (χ1n) is 7.66. The molecular weight excluding hydrogens is 286 g/mol. The second-order valence-corrected chi connectivity index (χ2v) is 6.19. The molecule has 0 N–H and O–H groups in total. The molecule has 0 radical (unpaired) electrons. The minimum Gasteiger partial charge on any atom is -0.277 e. The lowest BCUT2D eigenvalue weighted by molar-refractivity contribution is 0.0651. The highest BCUT2D eigenvalue weighted by Gasteiger charge is 2.32. The molecule has 0 saturated carbocycles. The molecule has 0 unspecified atom stereocenters. The molecule has 2 aliphatic rings. The van der Waals surface area contributed by atoms with Crippen LogP contribution in [-0.2, 0) is 6.42 Å². The van der Waals surface area contributed by atoms with E-state index in [4.69, 9.17) is 0 Å². The van der Waals surface area contributed by atoms with E-state index in [2.05, 4.69) is 18.2 Å². The zero-order valence-corrected chi connectivity index (χ0v) is 12.6.